The van der Waals surface area contributed by atoms with Crippen LogP contribution in [0.4, 0.5) is 15.8 Å². The minimum absolute atomic E-state index is 0.0318. The van der Waals surface area contributed by atoms with Crippen molar-refractivity contribution >= 4 is 33.2 Å². The van der Waals surface area contributed by atoms with Crippen molar-refractivity contribution in [3.8, 4) is 0 Å². The predicted octanol–water partition coefficient (Wildman–Crippen LogP) is 4.06. The number of nitrogens with zero attached hydrogens (tertiary/aromatic N) is 1. The Bertz CT molecular complexity index is 734. The van der Waals surface area contributed by atoms with Gasteiger partial charge in [-0.05, 0) is 36.8 Å². The van der Waals surface area contributed by atoms with Crippen molar-refractivity contribution in [2.24, 2.45) is 0 Å². The third-order valence-corrected chi connectivity index (χ3v) is 3.26. The zero-order chi connectivity index (χ0) is 15.6. The van der Waals surface area contributed by atoms with Crippen molar-refractivity contribution in [3.05, 3.63) is 67.9 Å². The first-order chi connectivity index (χ1) is 9.88. The monoisotopic (exact) mass is 352 g/mol. The van der Waals surface area contributed by atoms with Crippen LogP contribution in [0.15, 0.2) is 40.9 Å². The van der Waals surface area contributed by atoms with Gasteiger partial charge in [0, 0.05) is 10.5 Å². The number of nitro groups is 1. The quantitative estimate of drug-likeness (QED) is 0.668. The van der Waals surface area contributed by atoms with Gasteiger partial charge in [-0.1, -0.05) is 22.0 Å². The summed E-state index contributed by atoms with van der Waals surface area (Å²) in [6.07, 6.45) is 0. The average Bonchev–Trinajstić information content (AvgIpc) is 2.41. The van der Waals surface area contributed by atoms with Gasteiger partial charge in [0.05, 0.1) is 10.5 Å². The number of hydrogen-bond acceptors (Lipinski definition) is 3. The first-order valence-corrected chi connectivity index (χ1v) is 6.69. The van der Waals surface area contributed by atoms with Gasteiger partial charge < -0.3 is 5.32 Å². The highest BCUT2D eigenvalue weighted by Gasteiger charge is 2.18. The molecule has 21 heavy (non-hydrogen) atoms. The van der Waals surface area contributed by atoms with Crippen molar-refractivity contribution in [2.45, 2.75) is 6.92 Å². The summed E-state index contributed by atoms with van der Waals surface area (Å²) in [4.78, 5) is 22.4. The molecule has 0 heterocycles. The normalized spacial score (nSPS) is 10.2. The van der Waals surface area contributed by atoms with E-state index >= 15 is 0 Å². The fourth-order valence-electron chi connectivity index (χ4n) is 1.77. The highest BCUT2D eigenvalue weighted by atomic mass is 79.9. The minimum Gasteiger partial charge on any atom is -0.316 e. The lowest BCUT2D eigenvalue weighted by Crippen LogP contribution is -2.15. The number of carbonyl (C=O) groups is 1. The number of hydrogen-bond donors (Lipinski definition) is 1. The van der Waals surface area contributed by atoms with Gasteiger partial charge in [0.1, 0.15) is 11.5 Å². The second-order valence-electron chi connectivity index (χ2n) is 4.36. The van der Waals surface area contributed by atoms with Crippen LogP contribution in [0.1, 0.15) is 15.9 Å². The molecule has 0 aromatic heterocycles. The molecule has 2 aromatic carbocycles. The average molecular weight is 353 g/mol. The Kier molecular flexibility index (Phi) is 4.32. The molecule has 0 bridgehead atoms. The van der Waals surface area contributed by atoms with E-state index < -0.39 is 16.6 Å². The van der Waals surface area contributed by atoms with Crippen LogP contribution in [0.5, 0.6) is 0 Å². The molecule has 108 valence electrons. The molecular weight excluding hydrogens is 343 g/mol. The molecule has 0 radical (unpaired) electrons. The summed E-state index contributed by atoms with van der Waals surface area (Å²) in [6.45, 7) is 1.74. The molecule has 0 aliphatic rings. The fourth-order valence-corrected chi connectivity index (χ4v) is 2.13. The van der Waals surface area contributed by atoms with E-state index in [1.807, 2.05) is 0 Å². The molecule has 2 aromatic rings. The summed E-state index contributed by atoms with van der Waals surface area (Å²) < 4.78 is 14.2. The van der Waals surface area contributed by atoms with Gasteiger partial charge in [-0.25, -0.2) is 4.39 Å². The summed E-state index contributed by atoms with van der Waals surface area (Å²) >= 11 is 3.14. The molecule has 0 saturated heterocycles. The lowest BCUT2D eigenvalue weighted by molar-refractivity contribution is -0.383. The van der Waals surface area contributed by atoms with Crippen LogP contribution in [-0.4, -0.2) is 10.8 Å². The highest BCUT2D eigenvalue weighted by Crippen LogP contribution is 2.26. The molecule has 0 unspecified atom stereocenters. The molecule has 0 atom stereocenters. The van der Waals surface area contributed by atoms with E-state index in [2.05, 4.69) is 21.2 Å². The molecule has 0 aliphatic carbocycles. The predicted molar refractivity (Wildman–Crippen MR) is 79.9 cm³/mol. The molecule has 1 N–H and O–H groups in total. The Labute approximate surface area is 128 Å². The van der Waals surface area contributed by atoms with Gasteiger partial charge in [0.15, 0.2) is 0 Å². The Morgan fingerprint density at radius 3 is 2.67 bits per heavy atom. The first-order valence-electron chi connectivity index (χ1n) is 5.90. The van der Waals surface area contributed by atoms with Gasteiger partial charge in [0.2, 0.25) is 0 Å². The fraction of sp³-hybridized carbons (Fsp3) is 0.0714. The van der Waals surface area contributed by atoms with Crippen molar-refractivity contribution in [3.63, 3.8) is 0 Å². The molecule has 5 nitrogen and oxygen atoms in total. The molecule has 1 amide bonds. The standard InChI is InChI=1S/C14H10BrFN2O3/c1-8-2-5-13(18(20)21)12(6-8)17-14(19)10-7-9(15)3-4-11(10)16/h2-7H,1H3,(H,17,19). The number of carbonyl (C=O) groups excluding carboxylic acids is 1. The number of amides is 1. The summed E-state index contributed by atoms with van der Waals surface area (Å²) in [5.41, 5.74) is 0.333. The minimum atomic E-state index is -0.748. The van der Waals surface area contributed by atoms with Gasteiger partial charge >= 0.3 is 0 Å². The van der Waals surface area contributed by atoms with Gasteiger partial charge in [-0.2, -0.15) is 0 Å². The largest absolute Gasteiger partial charge is 0.316 e. The van der Waals surface area contributed by atoms with Gasteiger partial charge in [-0.3, -0.25) is 14.9 Å². The van der Waals surface area contributed by atoms with Crippen LogP contribution in [0.2, 0.25) is 0 Å². The maximum absolute atomic E-state index is 13.6. The van der Waals surface area contributed by atoms with E-state index in [9.17, 15) is 19.3 Å². The molecule has 0 saturated carbocycles. The molecular formula is C14H10BrFN2O3. The number of nitrogens with one attached hydrogen (secondary N) is 1. The van der Waals surface area contributed by atoms with E-state index in [1.54, 1.807) is 13.0 Å². The van der Waals surface area contributed by atoms with E-state index in [0.717, 1.165) is 11.6 Å². The van der Waals surface area contributed by atoms with Crippen LogP contribution in [0, 0.1) is 22.9 Å². The van der Waals surface area contributed by atoms with Crippen LogP contribution < -0.4 is 5.32 Å². The van der Waals surface area contributed by atoms with Crippen molar-refractivity contribution in [1.29, 1.82) is 0 Å². The van der Waals surface area contributed by atoms with Crippen LogP contribution in [0.25, 0.3) is 0 Å². The van der Waals surface area contributed by atoms with E-state index in [-0.39, 0.29) is 16.9 Å². The molecule has 0 aliphatic heterocycles. The van der Waals surface area contributed by atoms with Crippen molar-refractivity contribution in [1.82, 2.24) is 0 Å². The lowest BCUT2D eigenvalue weighted by Gasteiger charge is -2.08. The second-order valence-corrected chi connectivity index (χ2v) is 5.27. The Morgan fingerprint density at radius 1 is 1.29 bits per heavy atom. The van der Waals surface area contributed by atoms with Crippen LogP contribution >= 0.6 is 15.9 Å². The Morgan fingerprint density at radius 2 is 2.00 bits per heavy atom. The van der Waals surface area contributed by atoms with Crippen LogP contribution in [0.3, 0.4) is 0 Å². The van der Waals surface area contributed by atoms with Crippen LogP contribution in [-0.2, 0) is 0 Å². The maximum atomic E-state index is 13.6. The Hall–Kier alpha value is -2.28. The topological polar surface area (TPSA) is 72.2 Å². The van der Waals surface area contributed by atoms with E-state index in [0.29, 0.717) is 4.47 Å². The first kappa shape index (κ1) is 15.1. The maximum Gasteiger partial charge on any atom is 0.292 e. The number of halogens is 2. The molecule has 2 rings (SSSR count). The Balaban J connectivity index is 2.38. The third kappa shape index (κ3) is 3.43. The summed E-state index contributed by atoms with van der Waals surface area (Å²) in [5, 5.41) is 13.3. The number of nitro benzene ring substituents is 1. The zero-order valence-corrected chi connectivity index (χ0v) is 12.5. The zero-order valence-electron chi connectivity index (χ0n) is 10.9. The van der Waals surface area contributed by atoms with Gasteiger partial charge in [0.25, 0.3) is 11.6 Å². The second kappa shape index (κ2) is 6.01. The lowest BCUT2D eigenvalue weighted by atomic mass is 10.1. The van der Waals surface area contributed by atoms with Crippen molar-refractivity contribution < 1.29 is 14.1 Å². The smallest absolute Gasteiger partial charge is 0.292 e. The SMILES string of the molecule is Cc1ccc([N+](=O)[O-])c(NC(=O)c2cc(Br)ccc2F)c1. The number of benzene rings is 2. The molecule has 0 fully saturated rings. The number of aryl methyl sites for hydroxylation is 1. The summed E-state index contributed by atoms with van der Waals surface area (Å²) in [7, 11) is 0. The van der Waals surface area contributed by atoms with Crippen molar-refractivity contribution in [2.75, 3.05) is 5.32 Å². The third-order valence-electron chi connectivity index (χ3n) is 2.77. The number of anilines is 1. The summed E-state index contributed by atoms with van der Waals surface area (Å²) in [5.74, 6) is -1.45. The molecule has 0 spiro atoms. The molecule has 7 heteroatoms. The van der Waals surface area contributed by atoms with E-state index in [4.69, 9.17) is 0 Å². The summed E-state index contributed by atoms with van der Waals surface area (Å²) in [6, 6.07) is 8.23. The number of rotatable bonds is 3. The van der Waals surface area contributed by atoms with E-state index in [1.165, 1.54) is 24.3 Å². The highest BCUT2D eigenvalue weighted by molar-refractivity contribution is 9.10. The van der Waals surface area contributed by atoms with Gasteiger partial charge in [-0.15, -0.1) is 0 Å².